The molecular formula is C9H16N4O2. The van der Waals surface area contributed by atoms with Gasteiger partial charge >= 0.3 is 0 Å². The molecule has 0 saturated carbocycles. The number of aromatic nitrogens is 2. The zero-order valence-corrected chi connectivity index (χ0v) is 8.93. The Balaban J connectivity index is 2.79. The van der Waals surface area contributed by atoms with Crippen molar-refractivity contribution in [3.63, 3.8) is 0 Å². The molecular weight excluding hydrogens is 196 g/mol. The Hall–Kier alpha value is -1.56. The van der Waals surface area contributed by atoms with E-state index in [-0.39, 0.29) is 0 Å². The van der Waals surface area contributed by atoms with Crippen LogP contribution in [0.15, 0.2) is 12.4 Å². The molecule has 0 saturated heterocycles. The van der Waals surface area contributed by atoms with Crippen molar-refractivity contribution >= 4 is 5.91 Å². The lowest BCUT2D eigenvalue weighted by Gasteiger charge is -2.20. The molecule has 0 aliphatic carbocycles. The number of amides is 1. The summed E-state index contributed by atoms with van der Waals surface area (Å²) >= 11 is 0. The minimum absolute atomic E-state index is 0.419. The Labute approximate surface area is 88.2 Å². The van der Waals surface area contributed by atoms with Crippen LogP contribution in [0.5, 0.6) is 5.75 Å². The highest BCUT2D eigenvalue weighted by atomic mass is 16.5. The average Bonchev–Trinajstić information content (AvgIpc) is 2.63. The van der Waals surface area contributed by atoms with E-state index in [0.29, 0.717) is 18.9 Å². The summed E-state index contributed by atoms with van der Waals surface area (Å²) in [6.45, 7) is 4.23. The first-order valence-electron chi connectivity index (χ1n) is 4.66. The maximum absolute atomic E-state index is 11.1. The lowest BCUT2D eigenvalue weighted by Crippen LogP contribution is -2.41. The first-order chi connectivity index (χ1) is 6.98. The summed E-state index contributed by atoms with van der Waals surface area (Å²) in [5.74, 6) is 0.130. The third kappa shape index (κ3) is 2.47. The SMILES string of the molecule is CC(C)(C(N)=O)n1cc(OCCN)cn1. The molecule has 1 aromatic heterocycles. The second kappa shape index (κ2) is 4.31. The molecule has 1 rings (SSSR count). The van der Waals surface area contributed by atoms with Crippen LogP contribution in [0.3, 0.4) is 0 Å². The van der Waals surface area contributed by atoms with Crippen LogP contribution in [0.25, 0.3) is 0 Å². The summed E-state index contributed by atoms with van der Waals surface area (Å²) in [5, 5.41) is 4.01. The Bertz CT molecular complexity index is 346. The molecule has 4 N–H and O–H groups in total. The topological polar surface area (TPSA) is 96.2 Å². The molecule has 15 heavy (non-hydrogen) atoms. The van der Waals surface area contributed by atoms with Gasteiger partial charge in [-0.05, 0) is 13.8 Å². The summed E-state index contributed by atoms with van der Waals surface area (Å²) in [5.41, 5.74) is 9.69. The predicted molar refractivity (Wildman–Crippen MR) is 55.3 cm³/mol. The van der Waals surface area contributed by atoms with Gasteiger partial charge in [0.25, 0.3) is 0 Å². The van der Waals surface area contributed by atoms with Gasteiger partial charge < -0.3 is 16.2 Å². The van der Waals surface area contributed by atoms with Gasteiger partial charge in [0.2, 0.25) is 5.91 Å². The molecule has 0 aliphatic heterocycles. The van der Waals surface area contributed by atoms with Crippen molar-refractivity contribution in [2.75, 3.05) is 13.2 Å². The predicted octanol–water partition coefficient (Wildman–Crippen LogP) is -0.559. The van der Waals surface area contributed by atoms with Gasteiger partial charge in [0.05, 0.1) is 12.4 Å². The Morgan fingerprint density at radius 2 is 2.33 bits per heavy atom. The van der Waals surface area contributed by atoms with Crippen molar-refractivity contribution in [1.29, 1.82) is 0 Å². The average molecular weight is 212 g/mol. The van der Waals surface area contributed by atoms with E-state index in [9.17, 15) is 4.79 Å². The zero-order chi connectivity index (χ0) is 11.5. The molecule has 1 aromatic rings. The van der Waals surface area contributed by atoms with Gasteiger partial charge in [-0.1, -0.05) is 0 Å². The fraction of sp³-hybridized carbons (Fsp3) is 0.556. The van der Waals surface area contributed by atoms with Crippen LogP contribution in [-0.4, -0.2) is 28.8 Å². The van der Waals surface area contributed by atoms with Gasteiger partial charge in [-0.25, -0.2) is 0 Å². The summed E-state index contributed by atoms with van der Waals surface area (Å²) in [7, 11) is 0. The number of hydrogen-bond acceptors (Lipinski definition) is 4. The number of primary amides is 1. The maximum Gasteiger partial charge on any atom is 0.244 e. The number of nitrogens with zero attached hydrogens (tertiary/aromatic N) is 2. The molecule has 0 unspecified atom stereocenters. The van der Waals surface area contributed by atoms with Gasteiger partial charge in [-0.2, -0.15) is 5.10 Å². The van der Waals surface area contributed by atoms with Crippen molar-refractivity contribution in [3.8, 4) is 5.75 Å². The van der Waals surface area contributed by atoms with Crippen LogP contribution in [0.1, 0.15) is 13.8 Å². The normalized spacial score (nSPS) is 11.4. The van der Waals surface area contributed by atoms with Gasteiger partial charge in [-0.15, -0.1) is 0 Å². The number of ether oxygens (including phenoxy) is 1. The van der Waals surface area contributed by atoms with Crippen molar-refractivity contribution < 1.29 is 9.53 Å². The summed E-state index contributed by atoms with van der Waals surface area (Å²) < 4.78 is 6.72. The van der Waals surface area contributed by atoms with E-state index in [2.05, 4.69) is 5.10 Å². The molecule has 6 heteroatoms. The molecule has 84 valence electrons. The van der Waals surface area contributed by atoms with E-state index in [4.69, 9.17) is 16.2 Å². The largest absolute Gasteiger partial charge is 0.489 e. The molecule has 1 amide bonds. The van der Waals surface area contributed by atoms with E-state index in [1.54, 1.807) is 20.0 Å². The number of nitrogens with two attached hydrogens (primary N) is 2. The molecule has 1 heterocycles. The summed E-state index contributed by atoms with van der Waals surface area (Å²) in [6.07, 6.45) is 3.15. The van der Waals surface area contributed by atoms with Gasteiger partial charge in [-0.3, -0.25) is 9.48 Å². The number of carbonyl (C=O) groups excluding carboxylic acids is 1. The Morgan fingerprint density at radius 3 is 2.87 bits per heavy atom. The molecule has 0 fully saturated rings. The minimum atomic E-state index is -0.857. The smallest absolute Gasteiger partial charge is 0.244 e. The van der Waals surface area contributed by atoms with Crippen molar-refractivity contribution in [1.82, 2.24) is 9.78 Å². The van der Waals surface area contributed by atoms with Gasteiger partial charge in [0, 0.05) is 6.54 Å². The van der Waals surface area contributed by atoms with Crippen LogP contribution >= 0.6 is 0 Å². The van der Waals surface area contributed by atoms with Crippen LogP contribution < -0.4 is 16.2 Å². The lowest BCUT2D eigenvalue weighted by atomic mass is 10.1. The highest BCUT2D eigenvalue weighted by Crippen LogP contribution is 2.17. The second-order valence-electron chi connectivity index (χ2n) is 3.68. The number of carbonyl (C=O) groups is 1. The fourth-order valence-corrected chi connectivity index (χ4v) is 0.976. The molecule has 0 aliphatic rings. The summed E-state index contributed by atoms with van der Waals surface area (Å²) in [6, 6.07) is 0. The second-order valence-corrected chi connectivity index (χ2v) is 3.68. The third-order valence-electron chi connectivity index (χ3n) is 2.12. The van der Waals surface area contributed by atoms with Crippen molar-refractivity contribution in [2.24, 2.45) is 11.5 Å². The van der Waals surface area contributed by atoms with E-state index in [0.717, 1.165) is 0 Å². The standard InChI is InChI=1S/C9H16N4O2/c1-9(2,8(11)14)13-6-7(5-12-13)15-4-3-10/h5-6H,3-4,10H2,1-2H3,(H2,11,14). The van der Waals surface area contributed by atoms with Crippen molar-refractivity contribution in [2.45, 2.75) is 19.4 Å². The molecule has 6 nitrogen and oxygen atoms in total. The van der Waals surface area contributed by atoms with E-state index < -0.39 is 11.4 Å². The van der Waals surface area contributed by atoms with Crippen LogP contribution in [0.4, 0.5) is 0 Å². The Morgan fingerprint density at radius 1 is 1.67 bits per heavy atom. The molecule has 0 aromatic carbocycles. The Kier molecular flexibility index (Phi) is 3.31. The highest BCUT2D eigenvalue weighted by Gasteiger charge is 2.28. The van der Waals surface area contributed by atoms with Crippen LogP contribution in [0, 0.1) is 0 Å². The molecule has 0 radical (unpaired) electrons. The van der Waals surface area contributed by atoms with E-state index >= 15 is 0 Å². The highest BCUT2D eigenvalue weighted by molar-refractivity contribution is 5.81. The van der Waals surface area contributed by atoms with Crippen molar-refractivity contribution in [3.05, 3.63) is 12.4 Å². The number of rotatable bonds is 5. The molecule has 0 atom stereocenters. The molecule has 0 bridgehead atoms. The number of hydrogen-bond donors (Lipinski definition) is 2. The van der Waals surface area contributed by atoms with Crippen LogP contribution in [0.2, 0.25) is 0 Å². The maximum atomic E-state index is 11.1. The minimum Gasteiger partial charge on any atom is -0.489 e. The third-order valence-corrected chi connectivity index (χ3v) is 2.12. The zero-order valence-electron chi connectivity index (χ0n) is 8.93. The lowest BCUT2D eigenvalue weighted by molar-refractivity contribution is -0.125. The van der Waals surface area contributed by atoms with E-state index in [1.807, 2.05) is 0 Å². The quantitative estimate of drug-likeness (QED) is 0.683. The van der Waals surface area contributed by atoms with Gasteiger partial charge in [0.1, 0.15) is 12.1 Å². The molecule has 0 spiro atoms. The first-order valence-corrected chi connectivity index (χ1v) is 4.66. The van der Waals surface area contributed by atoms with Crippen LogP contribution in [-0.2, 0) is 10.3 Å². The summed E-state index contributed by atoms with van der Waals surface area (Å²) in [4.78, 5) is 11.1. The van der Waals surface area contributed by atoms with Gasteiger partial charge in [0.15, 0.2) is 5.75 Å². The fourth-order valence-electron chi connectivity index (χ4n) is 0.976. The monoisotopic (exact) mass is 212 g/mol. The van der Waals surface area contributed by atoms with E-state index in [1.165, 1.54) is 10.9 Å². The first kappa shape index (κ1) is 11.5.